The Morgan fingerprint density at radius 1 is 1.06 bits per heavy atom. The lowest BCUT2D eigenvalue weighted by molar-refractivity contribution is 0.559. The van der Waals surface area contributed by atoms with E-state index < -0.39 is 5.63 Å². The minimum absolute atomic E-state index is 0.125. The van der Waals surface area contributed by atoms with Crippen LogP contribution in [0.25, 0.3) is 27.6 Å². The number of benzene rings is 2. The van der Waals surface area contributed by atoms with Crippen LogP contribution in [0, 0.1) is 0 Å². The SMILES string of the molecule is CCc1cc2oc(=O)cc(CSc3nnc4n(C)c(=O)c5ccccc5n34)c2cc1Cl. The Morgan fingerprint density at radius 2 is 1.87 bits per heavy atom. The molecular formula is C22H17ClN4O3S. The van der Waals surface area contributed by atoms with E-state index >= 15 is 0 Å². The first-order valence-electron chi connectivity index (χ1n) is 9.68. The minimum atomic E-state index is -0.411. The summed E-state index contributed by atoms with van der Waals surface area (Å²) in [6.45, 7) is 2.00. The number of hydrogen-bond acceptors (Lipinski definition) is 6. The summed E-state index contributed by atoms with van der Waals surface area (Å²) in [5.74, 6) is 0.918. The topological polar surface area (TPSA) is 82.4 Å². The summed E-state index contributed by atoms with van der Waals surface area (Å²) < 4.78 is 8.74. The van der Waals surface area contributed by atoms with Crippen LogP contribution in [0.4, 0.5) is 0 Å². The van der Waals surface area contributed by atoms with Gasteiger partial charge in [0.2, 0.25) is 5.78 Å². The van der Waals surface area contributed by atoms with Gasteiger partial charge in [0, 0.05) is 29.3 Å². The fraction of sp³-hybridized carbons (Fsp3) is 0.182. The number of aryl methyl sites for hydroxylation is 2. The third-order valence-corrected chi connectivity index (χ3v) is 6.66. The number of fused-ring (bicyclic) bond motifs is 4. The molecule has 2 aromatic carbocycles. The molecule has 3 heterocycles. The highest BCUT2D eigenvalue weighted by Crippen LogP contribution is 2.30. The van der Waals surface area contributed by atoms with Crippen LogP contribution in [0.15, 0.2) is 61.6 Å². The molecule has 0 atom stereocenters. The average molecular weight is 453 g/mol. The van der Waals surface area contributed by atoms with Gasteiger partial charge in [0.15, 0.2) is 5.16 Å². The number of halogens is 1. The van der Waals surface area contributed by atoms with Crippen molar-refractivity contribution in [2.45, 2.75) is 24.3 Å². The maximum atomic E-state index is 12.6. The van der Waals surface area contributed by atoms with Crippen molar-refractivity contribution < 1.29 is 4.42 Å². The van der Waals surface area contributed by atoms with Crippen LogP contribution in [0.2, 0.25) is 5.02 Å². The summed E-state index contributed by atoms with van der Waals surface area (Å²) in [6.07, 6.45) is 0.745. The highest BCUT2D eigenvalue weighted by Gasteiger charge is 2.16. The molecule has 0 N–H and O–H groups in total. The molecule has 0 spiro atoms. The Hall–Kier alpha value is -3.10. The number of nitrogens with zero attached hydrogens (tertiary/aromatic N) is 4. The molecule has 9 heteroatoms. The van der Waals surface area contributed by atoms with E-state index in [0.717, 1.165) is 28.5 Å². The predicted molar refractivity (Wildman–Crippen MR) is 122 cm³/mol. The van der Waals surface area contributed by atoms with E-state index in [-0.39, 0.29) is 5.56 Å². The monoisotopic (exact) mass is 452 g/mol. The van der Waals surface area contributed by atoms with Gasteiger partial charge in [0.1, 0.15) is 5.58 Å². The number of thioether (sulfide) groups is 1. The summed E-state index contributed by atoms with van der Waals surface area (Å²) >= 11 is 7.83. The second kappa shape index (κ2) is 7.55. The lowest BCUT2D eigenvalue weighted by Crippen LogP contribution is -2.20. The van der Waals surface area contributed by atoms with Crippen molar-refractivity contribution >= 4 is 51.0 Å². The third kappa shape index (κ3) is 3.23. The van der Waals surface area contributed by atoms with Crippen LogP contribution in [0.5, 0.6) is 0 Å². The Bertz CT molecular complexity index is 1600. The van der Waals surface area contributed by atoms with Gasteiger partial charge in [-0.05, 0) is 41.8 Å². The number of hydrogen-bond donors (Lipinski definition) is 0. The number of aromatic nitrogens is 4. The van der Waals surface area contributed by atoms with Gasteiger partial charge in [0.05, 0.1) is 10.9 Å². The molecule has 0 aliphatic heterocycles. The molecule has 0 radical (unpaired) electrons. The van der Waals surface area contributed by atoms with Crippen molar-refractivity contribution in [3.8, 4) is 0 Å². The fourth-order valence-electron chi connectivity index (χ4n) is 3.73. The van der Waals surface area contributed by atoms with Gasteiger partial charge in [-0.1, -0.05) is 42.4 Å². The van der Waals surface area contributed by atoms with Crippen molar-refractivity contribution in [1.82, 2.24) is 19.2 Å². The van der Waals surface area contributed by atoms with E-state index in [2.05, 4.69) is 10.2 Å². The Morgan fingerprint density at radius 3 is 2.68 bits per heavy atom. The molecule has 0 aliphatic carbocycles. The van der Waals surface area contributed by atoms with E-state index in [9.17, 15) is 9.59 Å². The summed E-state index contributed by atoms with van der Waals surface area (Å²) in [6, 6.07) is 12.5. The number of para-hydroxylation sites is 1. The molecule has 3 aromatic heterocycles. The fourth-order valence-corrected chi connectivity index (χ4v) is 4.95. The Balaban J connectivity index is 1.63. The zero-order valence-corrected chi connectivity index (χ0v) is 18.3. The summed E-state index contributed by atoms with van der Waals surface area (Å²) in [5.41, 5.74) is 2.45. The summed E-state index contributed by atoms with van der Waals surface area (Å²) in [5, 5.41) is 11.2. The maximum absolute atomic E-state index is 12.6. The highest BCUT2D eigenvalue weighted by atomic mass is 35.5. The van der Waals surface area contributed by atoms with E-state index in [0.29, 0.717) is 32.7 Å². The molecule has 5 rings (SSSR count). The van der Waals surface area contributed by atoms with Gasteiger partial charge in [-0.2, -0.15) is 0 Å². The first-order valence-corrected chi connectivity index (χ1v) is 11.0. The zero-order chi connectivity index (χ0) is 21.7. The number of rotatable bonds is 4. The van der Waals surface area contributed by atoms with E-state index in [1.54, 1.807) is 13.1 Å². The van der Waals surface area contributed by atoms with Gasteiger partial charge >= 0.3 is 5.63 Å². The van der Waals surface area contributed by atoms with Gasteiger partial charge in [-0.3, -0.25) is 13.8 Å². The van der Waals surface area contributed by atoms with Crippen molar-refractivity contribution in [3.05, 3.63) is 79.4 Å². The highest BCUT2D eigenvalue weighted by molar-refractivity contribution is 7.98. The lowest BCUT2D eigenvalue weighted by atomic mass is 10.1. The maximum Gasteiger partial charge on any atom is 0.336 e. The van der Waals surface area contributed by atoms with Gasteiger partial charge in [-0.25, -0.2) is 4.79 Å². The first-order chi connectivity index (χ1) is 15.0. The first kappa shape index (κ1) is 19.8. The molecule has 5 aromatic rings. The third-order valence-electron chi connectivity index (χ3n) is 5.33. The van der Waals surface area contributed by atoms with Crippen LogP contribution in [-0.2, 0) is 19.2 Å². The molecule has 0 unspecified atom stereocenters. The van der Waals surface area contributed by atoms with Crippen LogP contribution in [0.1, 0.15) is 18.1 Å². The molecule has 0 fully saturated rings. The molecule has 0 bridgehead atoms. The molecule has 0 aliphatic rings. The molecule has 0 amide bonds. The van der Waals surface area contributed by atoms with Crippen molar-refractivity contribution in [1.29, 1.82) is 0 Å². The molecule has 156 valence electrons. The molecule has 7 nitrogen and oxygen atoms in total. The molecule has 0 saturated carbocycles. The average Bonchev–Trinajstić information content (AvgIpc) is 3.20. The standard InChI is InChI=1S/C22H17ClN4O3S/c1-3-12-8-18-15(10-16(12)23)13(9-19(28)30-18)11-31-22-25-24-21-26(2)20(29)14-6-4-5-7-17(14)27(21)22/h4-10H,3,11H2,1-2H3. The summed E-state index contributed by atoms with van der Waals surface area (Å²) in [4.78, 5) is 24.8. The Kier molecular flexibility index (Phi) is 4.83. The van der Waals surface area contributed by atoms with Crippen LogP contribution < -0.4 is 11.2 Å². The van der Waals surface area contributed by atoms with Crippen LogP contribution >= 0.6 is 23.4 Å². The van der Waals surface area contributed by atoms with Crippen molar-refractivity contribution in [2.75, 3.05) is 0 Å². The normalized spacial score (nSPS) is 11.7. The zero-order valence-electron chi connectivity index (χ0n) is 16.8. The van der Waals surface area contributed by atoms with E-state index in [4.69, 9.17) is 16.0 Å². The van der Waals surface area contributed by atoms with E-state index in [1.807, 2.05) is 41.7 Å². The van der Waals surface area contributed by atoms with Gasteiger partial charge < -0.3 is 4.42 Å². The molecule has 0 saturated heterocycles. The lowest BCUT2D eigenvalue weighted by Gasteiger charge is -2.09. The van der Waals surface area contributed by atoms with Gasteiger partial charge in [0.25, 0.3) is 5.56 Å². The van der Waals surface area contributed by atoms with Crippen LogP contribution in [0.3, 0.4) is 0 Å². The predicted octanol–water partition coefficient (Wildman–Crippen LogP) is 4.20. The molecule has 31 heavy (non-hydrogen) atoms. The minimum Gasteiger partial charge on any atom is -0.423 e. The van der Waals surface area contributed by atoms with Crippen molar-refractivity contribution in [3.63, 3.8) is 0 Å². The van der Waals surface area contributed by atoms with Crippen LogP contribution in [-0.4, -0.2) is 19.2 Å². The summed E-state index contributed by atoms with van der Waals surface area (Å²) in [7, 11) is 1.68. The Labute approximate surface area is 185 Å². The second-order valence-electron chi connectivity index (χ2n) is 7.17. The molecular weight excluding hydrogens is 436 g/mol. The van der Waals surface area contributed by atoms with Gasteiger partial charge in [-0.15, -0.1) is 10.2 Å². The van der Waals surface area contributed by atoms with E-state index in [1.165, 1.54) is 22.4 Å². The van der Waals surface area contributed by atoms with Crippen molar-refractivity contribution in [2.24, 2.45) is 7.05 Å². The second-order valence-corrected chi connectivity index (χ2v) is 8.52. The quantitative estimate of drug-likeness (QED) is 0.300. The largest absolute Gasteiger partial charge is 0.423 e. The smallest absolute Gasteiger partial charge is 0.336 e.